The number of rotatable bonds is 4. The molecule has 1 nitrogen and oxygen atoms in total. The fourth-order valence-electron chi connectivity index (χ4n) is 8.49. The van der Waals surface area contributed by atoms with Gasteiger partial charge in [0.2, 0.25) is 13.4 Å². The number of allylic oxidation sites excluding steroid dienone is 10. The Kier molecular flexibility index (Phi) is 6.51. The zero-order valence-electron chi connectivity index (χ0n) is 25.6. The number of hydrogen-bond acceptors (Lipinski definition) is 1. The minimum atomic E-state index is 0.240. The number of fused-ring (bicyclic) bond motifs is 3. The van der Waals surface area contributed by atoms with Crippen molar-refractivity contribution in [1.29, 1.82) is 0 Å². The Hall–Kier alpha value is -4.75. The summed E-state index contributed by atoms with van der Waals surface area (Å²) in [5, 5.41) is 0. The van der Waals surface area contributed by atoms with Crippen molar-refractivity contribution >= 4 is 35.5 Å². The number of nitrogens with zero attached hydrogens (tertiary/aromatic N) is 1. The third-order valence-corrected chi connectivity index (χ3v) is 10.5. The summed E-state index contributed by atoms with van der Waals surface area (Å²) in [5.74, 6) is 0.476. The molecule has 0 saturated carbocycles. The van der Waals surface area contributed by atoms with E-state index in [9.17, 15) is 0 Å². The lowest BCUT2D eigenvalue weighted by atomic mass is 9.28. The minimum absolute atomic E-state index is 0.240. The lowest BCUT2D eigenvalue weighted by Crippen LogP contribution is -2.56. The molecule has 45 heavy (non-hydrogen) atoms. The van der Waals surface area contributed by atoms with Gasteiger partial charge in [0, 0.05) is 23.0 Å². The second kappa shape index (κ2) is 11.0. The molecule has 2 heterocycles. The molecular formula is C42H35B2N. The van der Waals surface area contributed by atoms with Gasteiger partial charge in [0.1, 0.15) is 0 Å². The van der Waals surface area contributed by atoms with Crippen LogP contribution in [0.4, 0.5) is 5.69 Å². The molecule has 1 atom stereocenters. The molecule has 214 valence electrons. The van der Waals surface area contributed by atoms with Crippen LogP contribution in [-0.2, 0) is 0 Å². The fourth-order valence-corrected chi connectivity index (χ4v) is 8.49. The highest BCUT2D eigenvalue weighted by molar-refractivity contribution is 6.94. The van der Waals surface area contributed by atoms with Crippen molar-refractivity contribution < 1.29 is 0 Å². The van der Waals surface area contributed by atoms with E-state index < -0.39 is 0 Å². The molecule has 0 saturated heterocycles. The number of hydrogen-bond donors (Lipinski definition) is 0. The fraction of sp³-hybridized carbons (Fsp3) is 0.143. The van der Waals surface area contributed by atoms with Crippen LogP contribution in [0, 0.1) is 0 Å². The second-order valence-corrected chi connectivity index (χ2v) is 13.0. The van der Waals surface area contributed by atoms with Crippen LogP contribution >= 0.6 is 0 Å². The molecule has 2 aliphatic heterocycles. The third kappa shape index (κ3) is 4.40. The first kappa shape index (κ1) is 26.6. The van der Waals surface area contributed by atoms with E-state index in [1.165, 1.54) is 55.6 Å². The van der Waals surface area contributed by atoms with E-state index >= 15 is 0 Å². The van der Waals surface area contributed by atoms with Crippen molar-refractivity contribution in [2.45, 2.75) is 38.0 Å². The molecule has 0 N–H and O–H groups in total. The van der Waals surface area contributed by atoms with E-state index in [4.69, 9.17) is 0 Å². The minimum Gasteiger partial charge on any atom is -0.313 e. The maximum atomic E-state index is 2.65. The quantitative estimate of drug-likeness (QED) is 0.223. The number of benzene rings is 4. The second-order valence-electron chi connectivity index (χ2n) is 13.0. The molecule has 0 bridgehead atoms. The number of anilines is 1. The van der Waals surface area contributed by atoms with Gasteiger partial charge in [-0.2, -0.15) is 0 Å². The van der Waals surface area contributed by atoms with E-state index in [1.807, 2.05) is 0 Å². The molecule has 0 amide bonds. The summed E-state index contributed by atoms with van der Waals surface area (Å²) < 4.78 is 0. The molecule has 1 unspecified atom stereocenters. The SMILES string of the molecule is C1=CCC(c2ccc(B3C4=CCCC5=C4N(C4=C3CCC=C4)c3ccc(-c4ccccc4)cc3B5c3ccccc3)cc2)C=C1. The van der Waals surface area contributed by atoms with Crippen LogP contribution < -0.4 is 21.3 Å². The topological polar surface area (TPSA) is 3.24 Å². The van der Waals surface area contributed by atoms with Gasteiger partial charge in [-0.15, -0.1) is 0 Å². The van der Waals surface area contributed by atoms with E-state index in [-0.39, 0.29) is 6.71 Å². The summed E-state index contributed by atoms with van der Waals surface area (Å²) in [6.45, 7) is 0.535. The van der Waals surface area contributed by atoms with Gasteiger partial charge in [-0.25, -0.2) is 0 Å². The zero-order chi connectivity index (χ0) is 29.7. The summed E-state index contributed by atoms with van der Waals surface area (Å²) in [5.41, 5.74) is 17.0. The van der Waals surface area contributed by atoms with Crippen molar-refractivity contribution in [3.63, 3.8) is 0 Å². The first-order chi connectivity index (χ1) is 22.3. The maximum absolute atomic E-state index is 2.65. The van der Waals surface area contributed by atoms with Crippen LogP contribution in [0.15, 0.2) is 173 Å². The Morgan fingerprint density at radius 1 is 0.644 bits per heavy atom. The predicted octanol–water partition coefficient (Wildman–Crippen LogP) is 7.99. The van der Waals surface area contributed by atoms with Crippen molar-refractivity contribution in [3.05, 3.63) is 179 Å². The summed E-state index contributed by atoms with van der Waals surface area (Å²) in [7, 11) is 0. The Bertz CT molecular complexity index is 1980. The summed E-state index contributed by atoms with van der Waals surface area (Å²) >= 11 is 0. The van der Waals surface area contributed by atoms with Gasteiger partial charge in [-0.3, -0.25) is 0 Å². The van der Waals surface area contributed by atoms with Crippen molar-refractivity contribution in [2.24, 2.45) is 0 Å². The van der Waals surface area contributed by atoms with Crippen molar-refractivity contribution in [1.82, 2.24) is 0 Å². The van der Waals surface area contributed by atoms with Crippen LogP contribution in [-0.4, -0.2) is 13.4 Å². The smallest absolute Gasteiger partial charge is 0.242 e. The predicted molar refractivity (Wildman–Crippen MR) is 193 cm³/mol. The molecule has 3 heteroatoms. The maximum Gasteiger partial charge on any atom is 0.242 e. The zero-order valence-corrected chi connectivity index (χ0v) is 25.6. The first-order valence-corrected chi connectivity index (χ1v) is 16.7. The normalized spacial score (nSPS) is 19.8. The Morgan fingerprint density at radius 3 is 2.22 bits per heavy atom. The monoisotopic (exact) mass is 575 g/mol. The van der Waals surface area contributed by atoms with Crippen LogP contribution in [0.25, 0.3) is 11.1 Å². The van der Waals surface area contributed by atoms with Crippen molar-refractivity contribution in [3.8, 4) is 11.1 Å². The average Bonchev–Trinajstić information content (AvgIpc) is 3.12. The lowest BCUT2D eigenvalue weighted by Gasteiger charge is -2.48. The largest absolute Gasteiger partial charge is 0.313 e. The van der Waals surface area contributed by atoms with Crippen molar-refractivity contribution in [2.75, 3.05) is 4.90 Å². The van der Waals surface area contributed by atoms with Gasteiger partial charge >= 0.3 is 0 Å². The molecular weight excluding hydrogens is 540 g/mol. The lowest BCUT2D eigenvalue weighted by molar-refractivity contribution is 0.854. The van der Waals surface area contributed by atoms with Gasteiger partial charge in [-0.1, -0.05) is 161 Å². The van der Waals surface area contributed by atoms with Gasteiger partial charge in [0.15, 0.2) is 0 Å². The molecule has 0 spiro atoms. The average molecular weight is 575 g/mol. The Balaban J connectivity index is 1.24. The van der Waals surface area contributed by atoms with Crippen LogP contribution in [0.1, 0.15) is 43.6 Å². The van der Waals surface area contributed by atoms with E-state index in [2.05, 4.69) is 151 Å². The van der Waals surface area contributed by atoms with E-state index in [0.29, 0.717) is 12.6 Å². The summed E-state index contributed by atoms with van der Waals surface area (Å²) in [4.78, 5) is 2.65. The molecule has 4 aromatic carbocycles. The van der Waals surface area contributed by atoms with E-state index in [0.717, 1.165) is 32.1 Å². The summed E-state index contributed by atoms with van der Waals surface area (Å²) in [6.07, 6.45) is 21.8. The molecule has 5 aliphatic rings. The summed E-state index contributed by atoms with van der Waals surface area (Å²) in [6, 6.07) is 39.0. The van der Waals surface area contributed by atoms with Gasteiger partial charge in [0.25, 0.3) is 0 Å². The molecule has 3 aliphatic carbocycles. The standard InChI is InChI=1S/C42H35B2N/c1-4-13-30(14-5-1)32-23-26-35(27-24-32)43-36-19-10-11-22-40(36)45-41-28-25-33(31-15-6-2-7-16-31)29-39(41)44(34-17-8-3-9-18-34)38-21-12-20-37(43)42(38)45/h1-9,11,13,15-18,20,22-30H,10,12,14,19,21H2. The van der Waals surface area contributed by atoms with Gasteiger partial charge < -0.3 is 4.90 Å². The highest BCUT2D eigenvalue weighted by Crippen LogP contribution is 2.47. The Labute approximate surface area is 267 Å². The molecule has 9 rings (SSSR count). The third-order valence-electron chi connectivity index (χ3n) is 10.5. The highest BCUT2D eigenvalue weighted by atomic mass is 15.2. The van der Waals surface area contributed by atoms with E-state index in [1.54, 1.807) is 10.9 Å². The molecule has 0 fully saturated rings. The molecule has 4 aromatic rings. The molecule has 0 radical (unpaired) electrons. The molecule has 0 aromatic heterocycles. The van der Waals surface area contributed by atoms with Crippen LogP contribution in [0.2, 0.25) is 0 Å². The first-order valence-electron chi connectivity index (χ1n) is 16.7. The van der Waals surface area contributed by atoms with Crippen LogP contribution in [0.5, 0.6) is 0 Å². The Morgan fingerprint density at radius 2 is 1.42 bits per heavy atom. The van der Waals surface area contributed by atoms with Gasteiger partial charge in [0.05, 0.1) is 0 Å². The van der Waals surface area contributed by atoms with Gasteiger partial charge in [-0.05, 0) is 66.4 Å². The van der Waals surface area contributed by atoms with Crippen LogP contribution in [0.3, 0.4) is 0 Å². The highest BCUT2D eigenvalue weighted by Gasteiger charge is 2.46.